The van der Waals surface area contributed by atoms with Gasteiger partial charge in [-0.25, -0.2) is 9.59 Å². The first-order valence-electron chi connectivity index (χ1n) is 8.41. The van der Waals surface area contributed by atoms with Gasteiger partial charge in [0.2, 0.25) is 5.91 Å². The van der Waals surface area contributed by atoms with Crippen molar-refractivity contribution in [3.05, 3.63) is 17.5 Å². The standard InChI is InChI=1S/C15H24N2OS.C2H2O4/c1-3-14(18)17(15-8-7-11-19-15)12-13(2)16-9-5-4-6-10-16;3-1(4)2(5)6/h7-8,11,13H,3-6,9-10,12H2,1-2H3;(H,3,4)(H,5,6). The molecule has 1 fully saturated rings. The number of hydrogen-bond acceptors (Lipinski definition) is 5. The molecular formula is C17H26N2O5S. The molecule has 1 aliphatic heterocycles. The van der Waals surface area contributed by atoms with Gasteiger partial charge in [-0.15, -0.1) is 11.3 Å². The normalized spacial score (nSPS) is 15.6. The van der Waals surface area contributed by atoms with Gasteiger partial charge in [0.05, 0.1) is 5.00 Å². The van der Waals surface area contributed by atoms with Crippen LogP contribution < -0.4 is 4.90 Å². The first kappa shape index (κ1) is 21.1. The number of likely N-dealkylation sites (tertiary alicyclic amines) is 1. The van der Waals surface area contributed by atoms with Gasteiger partial charge in [-0.2, -0.15) is 0 Å². The Morgan fingerprint density at radius 3 is 2.24 bits per heavy atom. The summed E-state index contributed by atoms with van der Waals surface area (Å²) in [6.07, 6.45) is 4.52. The predicted octanol–water partition coefficient (Wildman–Crippen LogP) is 2.52. The van der Waals surface area contributed by atoms with Crippen molar-refractivity contribution >= 4 is 34.2 Å². The SMILES string of the molecule is CCC(=O)N(CC(C)N1CCCCC1)c1cccs1.O=C(O)C(=O)O. The van der Waals surface area contributed by atoms with Crippen LogP contribution in [-0.4, -0.2) is 58.6 Å². The van der Waals surface area contributed by atoms with Crippen molar-refractivity contribution < 1.29 is 24.6 Å². The molecule has 0 aliphatic carbocycles. The summed E-state index contributed by atoms with van der Waals surface area (Å²) in [6, 6.07) is 4.50. The van der Waals surface area contributed by atoms with Gasteiger partial charge in [0.15, 0.2) is 0 Å². The Morgan fingerprint density at radius 1 is 1.20 bits per heavy atom. The van der Waals surface area contributed by atoms with Crippen molar-refractivity contribution in [2.24, 2.45) is 0 Å². The van der Waals surface area contributed by atoms with Crippen LogP contribution in [0.5, 0.6) is 0 Å². The van der Waals surface area contributed by atoms with E-state index in [4.69, 9.17) is 19.8 Å². The van der Waals surface area contributed by atoms with Gasteiger partial charge in [0, 0.05) is 19.0 Å². The van der Waals surface area contributed by atoms with Crippen LogP contribution in [0.15, 0.2) is 17.5 Å². The first-order chi connectivity index (χ1) is 11.9. The van der Waals surface area contributed by atoms with Crippen molar-refractivity contribution in [1.29, 1.82) is 0 Å². The Hall–Kier alpha value is -1.93. The molecule has 1 aromatic heterocycles. The molecule has 0 spiro atoms. The van der Waals surface area contributed by atoms with Crippen molar-refractivity contribution in [2.75, 3.05) is 24.5 Å². The highest BCUT2D eigenvalue weighted by Crippen LogP contribution is 2.23. The van der Waals surface area contributed by atoms with Crippen molar-refractivity contribution in [1.82, 2.24) is 4.90 Å². The Balaban J connectivity index is 0.000000450. The van der Waals surface area contributed by atoms with Gasteiger partial charge >= 0.3 is 11.9 Å². The molecule has 7 nitrogen and oxygen atoms in total. The minimum absolute atomic E-state index is 0.228. The molecule has 0 saturated carbocycles. The molecule has 1 amide bonds. The molecule has 1 atom stereocenters. The number of carboxylic acid groups (broad SMARTS) is 2. The number of thiophene rings is 1. The number of anilines is 1. The van der Waals surface area contributed by atoms with Gasteiger partial charge in [-0.1, -0.05) is 13.3 Å². The van der Waals surface area contributed by atoms with E-state index in [9.17, 15) is 4.79 Å². The smallest absolute Gasteiger partial charge is 0.414 e. The van der Waals surface area contributed by atoms with Gasteiger partial charge in [0.25, 0.3) is 0 Å². The molecule has 2 heterocycles. The van der Waals surface area contributed by atoms with Gasteiger partial charge in [-0.3, -0.25) is 9.69 Å². The van der Waals surface area contributed by atoms with E-state index < -0.39 is 11.9 Å². The number of piperidine rings is 1. The number of aliphatic carboxylic acids is 2. The molecule has 0 aromatic carbocycles. The van der Waals surface area contributed by atoms with Crippen molar-refractivity contribution in [2.45, 2.75) is 45.6 Å². The second-order valence-corrected chi connectivity index (χ2v) is 6.79. The van der Waals surface area contributed by atoms with Crippen LogP contribution in [0.25, 0.3) is 0 Å². The number of carbonyl (C=O) groups excluding carboxylic acids is 1. The third-order valence-corrected chi connectivity index (χ3v) is 4.91. The minimum Gasteiger partial charge on any atom is -0.473 e. The van der Waals surface area contributed by atoms with E-state index in [1.165, 1.54) is 32.4 Å². The zero-order valence-electron chi connectivity index (χ0n) is 14.7. The maximum Gasteiger partial charge on any atom is 0.414 e. The Labute approximate surface area is 151 Å². The summed E-state index contributed by atoms with van der Waals surface area (Å²) in [5, 5.41) is 17.9. The molecule has 0 radical (unpaired) electrons. The minimum atomic E-state index is -1.82. The summed E-state index contributed by atoms with van der Waals surface area (Å²) in [5.41, 5.74) is 0. The molecule has 0 bridgehead atoms. The fourth-order valence-electron chi connectivity index (χ4n) is 2.67. The van der Waals surface area contributed by atoms with E-state index in [-0.39, 0.29) is 5.91 Å². The summed E-state index contributed by atoms with van der Waals surface area (Å²) >= 11 is 1.65. The van der Waals surface area contributed by atoms with E-state index >= 15 is 0 Å². The van der Waals surface area contributed by atoms with E-state index in [2.05, 4.69) is 11.8 Å². The largest absolute Gasteiger partial charge is 0.473 e. The lowest BCUT2D eigenvalue weighted by molar-refractivity contribution is -0.159. The molecule has 25 heavy (non-hydrogen) atoms. The van der Waals surface area contributed by atoms with Crippen LogP contribution in [0.2, 0.25) is 0 Å². The highest BCUT2D eigenvalue weighted by molar-refractivity contribution is 7.14. The van der Waals surface area contributed by atoms with Crippen LogP contribution in [-0.2, 0) is 14.4 Å². The molecule has 2 rings (SSSR count). The monoisotopic (exact) mass is 370 g/mol. The van der Waals surface area contributed by atoms with Gasteiger partial charge in [-0.05, 0) is 50.4 Å². The second kappa shape index (κ2) is 10.8. The zero-order chi connectivity index (χ0) is 18.8. The van der Waals surface area contributed by atoms with E-state index in [1.807, 2.05) is 29.3 Å². The fraction of sp³-hybridized carbons (Fsp3) is 0.588. The molecule has 1 aliphatic rings. The number of amides is 1. The molecule has 1 unspecified atom stereocenters. The average Bonchev–Trinajstić information content (AvgIpc) is 3.14. The molecule has 8 heteroatoms. The molecule has 1 saturated heterocycles. The topological polar surface area (TPSA) is 98.2 Å². The van der Waals surface area contributed by atoms with Crippen LogP contribution in [0.3, 0.4) is 0 Å². The highest BCUT2D eigenvalue weighted by atomic mass is 32.1. The van der Waals surface area contributed by atoms with E-state index in [0.717, 1.165) is 11.5 Å². The van der Waals surface area contributed by atoms with E-state index in [1.54, 1.807) is 11.3 Å². The number of carboxylic acids is 2. The number of rotatable bonds is 5. The van der Waals surface area contributed by atoms with Crippen molar-refractivity contribution in [3.8, 4) is 0 Å². The summed E-state index contributed by atoms with van der Waals surface area (Å²) in [5.74, 6) is -3.42. The Bertz CT molecular complexity index is 543. The van der Waals surface area contributed by atoms with Crippen molar-refractivity contribution in [3.63, 3.8) is 0 Å². The molecule has 140 valence electrons. The lowest BCUT2D eigenvalue weighted by Crippen LogP contribution is -2.46. The third kappa shape index (κ3) is 7.23. The van der Waals surface area contributed by atoms with Crippen LogP contribution in [0.4, 0.5) is 5.00 Å². The highest BCUT2D eigenvalue weighted by Gasteiger charge is 2.22. The maximum absolute atomic E-state index is 12.1. The number of hydrogen-bond donors (Lipinski definition) is 2. The summed E-state index contributed by atoms with van der Waals surface area (Å²) < 4.78 is 0. The predicted molar refractivity (Wildman–Crippen MR) is 97.1 cm³/mol. The lowest BCUT2D eigenvalue weighted by atomic mass is 10.1. The number of carbonyl (C=O) groups is 3. The fourth-order valence-corrected chi connectivity index (χ4v) is 3.43. The lowest BCUT2D eigenvalue weighted by Gasteiger charge is -2.35. The summed E-state index contributed by atoms with van der Waals surface area (Å²) in [6.45, 7) is 7.36. The summed E-state index contributed by atoms with van der Waals surface area (Å²) in [7, 11) is 0. The average molecular weight is 370 g/mol. The van der Waals surface area contributed by atoms with Crippen LogP contribution >= 0.6 is 11.3 Å². The Morgan fingerprint density at radius 2 is 1.80 bits per heavy atom. The number of nitrogens with zero attached hydrogens (tertiary/aromatic N) is 2. The molecule has 2 N–H and O–H groups in total. The quantitative estimate of drug-likeness (QED) is 0.773. The first-order valence-corrected chi connectivity index (χ1v) is 9.28. The third-order valence-electron chi connectivity index (χ3n) is 4.02. The van der Waals surface area contributed by atoms with E-state index in [0.29, 0.717) is 12.5 Å². The molecule has 1 aromatic rings. The van der Waals surface area contributed by atoms with Crippen LogP contribution in [0.1, 0.15) is 39.5 Å². The van der Waals surface area contributed by atoms with Gasteiger partial charge < -0.3 is 15.1 Å². The van der Waals surface area contributed by atoms with Gasteiger partial charge in [0.1, 0.15) is 0 Å². The second-order valence-electron chi connectivity index (χ2n) is 5.87. The summed E-state index contributed by atoms with van der Waals surface area (Å²) in [4.78, 5) is 34.8. The van der Waals surface area contributed by atoms with Crippen LogP contribution in [0, 0.1) is 0 Å². The maximum atomic E-state index is 12.1. The Kier molecular flexibility index (Phi) is 9.15. The zero-order valence-corrected chi connectivity index (χ0v) is 15.5. The molecular weight excluding hydrogens is 344 g/mol.